The highest BCUT2D eigenvalue weighted by atomic mass is 16.5. The SMILES string of the molecule is C[C@H]1C(O)[C@@H](CO)O[C@H]1n1cc(C(=O)NCCn2c(=O)[nH]c3ccccc32)c(=O)[nH]c1=O. The second kappa shape index (κ2) is 8.57. The third-order valence-electron chi connectivity index (χ3n) is 5.65. The Kier molecular flexibility index (Phi) is 5.82. The van der Waals surface area contributed by atoms with Gasteiger partial charge in [-0.15, -0.1) is 0 Å². The summed E-state index contributed by atoms with van der Waals surface area (Å²) in [6.07, 6.45) is -1.80. The van der Waals surface area contributed by atoms with E-state index in [1.165, 1.54) is 4.57 Å². The Hall–Kier alpha value is -3.48. The first-order chi connectivity index (χ1) is 15.3. The normalized spacial score (nSPS) is 23.0. The molecule has 1 aliphatic heterocycles. The van der Waals surface area contributed by atoms with Crippen LogP contribution in [0.5, 0.6) is 0 Å². The zero-order valence-electron chi connectivity index (χ0n) is 17.1. The van der Waals surface area contributed by atoms with Gasteiger partial charge in [0.05, 0.1) is 23.7 Å². The number of para-hydroxylation sites is 2. The third kappa shape index (κ3) is 3.79. The molecule has 1 saturated heterocycles. The molecular formula is C20H23N5O7. The van der Waals surface area contributed by atoms with Gasteiger partial charge in [-0.3, -0.25) is 23.7 Å². The molecule has 2 aromatic heterocycles. The van der Waals surface area contributed by atoms with Crippen LogP contribution in [0.2, 0.25) is 0 Å². The van der Waals surface area contributed by atoms with Gasteiger partial charge >= 0.3 is 11.4 Å². The molecule has 12 heteroatoms. The zero-order valence-corrected chi connectivity index (χ0v) is 17.1. The van der Waals surface area contributed by atoms with Crippen LogP contribution in [0.1, 0.15) is 23.5 Å². The highest BCUT2D eigenvalue weighted by Gasteiger charge is 2.42. The molecule has 1 aliphatic rings. The van der Waals surface area contributed by atoms with Crippen LogP contribution < -0.4 is 22.3 Å². The molecule has 3 heterocycles. The summed E-state index contributed by atoms with van der Waals surface area (Å²) in [5, 5.41) is 22.0. The van der Waals surface area contributed by atoms with Gasteiger partial charge in [-0.1, -0.05) is 19.1 Å². The molecule has 0 radical (unpaired) electrons. The fourth-order valence-electron chi connectivity index (χ4n) is 3.90. The highest BCUT2D eigenvalue weighted by Crippen LogP contribution is 2.33. The number of nitrogens with one attached hydrogen (secondary N) is 3. The van der Waals surface area contributed by atoms with Gasteiger partial charge in [-0.2, -0.15) is 0 Å². The Morgan fingerprint density at radius 1 is 1.19 bits per heavy atom. The van der Waals surface area contributed by atoms with Crippen LogP contribution in [-0.2, 0) is 11.3 Å². The van der Waals surface area contributed by atoms with Gasteiger partial charge in [-0.25, -0.2) is 9.59 Å². The summed E-state index contributed by atoms with van der Waals surface area (Å²) in [7, 11) is 0. The Labute approximate surface area is 180 Å². The lowest BCUT2D eigenvalue weighted by atomic mass is 10.0. The molecule has 12 nitrogen and oxygen atoms in total. The minimum absolute atomic E-state index is 0.0563. The third-order valence-corrected chi connectivity index (χ3v) is 5.65. The summed E-state index contributed by atoms with van der Waals surface area (Å²) < 4.78 is 8.01. The Morgan fingerprint density at radius 2 is 1.94 bits per heavy atom. The number of aliphatic hydroxyl groups is 2. The van der Waals surface area contributed by atoms with Crippen molar-refractivity contribution >= 4 is 16.9 Å². The van der Waals surface area contributed by atoms with Gasteiger partial charge in [0.25, 0.3) is 11.5 Å². The van der Waals surface area contributed by atoms with Gasteiger partial charge < -0.3 is 25.3 Å². The van der Waals surface area contributed by atoms with Gasteiger partial charge in [-0.05, 0) is 12.1 Å². The maximum atomic E-state index is 12.6. The average Bonchev–Trinajstić information content (AvgIpc) is 3.24. The zero-order chi connectivity index (χ0) is 23.0. The van der Waals surface area contributed by atoms with Crippen molar-refractivity contribution in [1.29, 1.82) is 0 Å². The van der Waals surface area contributed by atoms with Crippen molar-refractivity contribution in [3.8, 4) is 0 Å². The number of H-pyrrole nitrogens is 2. The van der Waals surface area contributed by atoms with Crippen LogP contribution in [0.3, 0.4) is 0 Å². The molecule has 0 spiro atoms. The van der Waals surface area contributed by atoms with Crippen molar-refractivity contribution in [2.75, 3.05) is 13.2 Å². The number of ether oxygens (including phenoxy) is 1. The summed E-state index contributed by atoms with van der Waals surface area (Å²) in [4.78, 5) is 54.0. The number of nitrogens with zero attached hydrogens (tertiary/aromatic N) is 2. The summed E-state index contributed by atoms with van der Waals surface area (Å²) in [6.45, 7) is 1.40. The molecule has 1 fully saturated rings. The fourth-order valence-corrected chi connectivity index (χ4v) is 3.90. The number of hydrogen-bond donors (Lipinski definition) is 5. The molecule has 0 saturated carbocycles. The predicted octanol–water partition coefficient (Wildman–Crippen LogP) is -1.50. The molecule has 1 unspecified atom stereocenters. The number of carbonyl (C=O) groups excluding carboxylic acids is 1. The average molecular weight is 445 g/mol. The number of benzene rings is 1. The number of aromatic amines is 2. The first-order valence-electron chi connectivity index (χ1n) is 10.1. The second-order valence-corrected chi connectivity index (χ2v) is 7.66. The molecule has 3 aromatic rings. The molecule has 4 rings (SSSR count). The van der Waals surface area contributed by atoms with Crippen LogP contribution in [-0.4, -0.2) is 60.6 Å². The van der Waals surface area contributed by atoms with Crippen LogP contribution >= 0.6 is 0 Å². The number of aromatic nitrogens is 4. The summed E-state index contributed by atoms with van der Waals surface area (Å²) >= 11 is 0. The fraction of sp³-hybridized carbons (Fsp3) is 0.400. The molecule has 5 N–H and O–H groups in total. The van der Waals surface area contributed by atoms with E-state index in [1.807, 2.05) is 0 Å². The monoisotopic (exact) mass is 445 g/mol. The van der Waals surface area contributed by atoms with Gasteiger partial charge in [0, 0.05) is 25.2 Å². The van der Waals surface area contributed by atoms with Crippen LogP contribution in [0.15, 0.2) is 44.8 Å². The number of amides is 1. The van der Waals surface area contributed by atoms with Crippen LogP contribution in [0.4, 0.5) is 0 Å². The first-order valence-corrected chi connectivity index (χ1v) is 10.1. The summed E-state index contributed by atoms with van der Waals surface area (Å²) in [5.41, 5.74) is -0.980. The predicted molar refractivity (Wildman–Crippen MR) is 112 cm³/mol. The summed E-state index contributed by atoms with van der Waals surface area (Å²) in [6, 6.07) is 7.12. The van der Waals surface area contributed by atoms with E-state index >= 15 is 0 Å². The Bertz CT molecular complexity index is 1320. The minimum Gasteiger partial charge on any atom is -0.394 e. The van der Waals surface area contributed by atoms with Crippen molar-refractivity contribution in [1.82, 2.24) is 24.4 Å². The Balaban J connectivity index is 1.52. The maximum absolute atomic E-state index is 12.6. The number of fused-ring (bicyclic) bond motifs is 1. The summed E-state index contributed by atoms with van der Waals surface area (Å²) in [5.74, 6) is -1.31. The van der Waals surface area contributed by atoms with E-state index in [2.05, 4.69) is 15.3 Å². The van der Waals surface area contributed by atoms with E-state index in [9.17, 15) is 29.4 Å². The molecular weight excluding hydrogens is 422 g/mol. The highest BCUT2D eigenvalue weighted by molar-refractivity contribution is 5.93. The topological polar surface area (TPSA) is 171 Å². The number of carbonyl (C=O) groups is 1. The Morgan fingerprint density at radius 3 is 2.66 bits per heavy atom. The number of aliphatic hydroxyl groups excluding tert-OH is 2. The van der Waals surface area contributed by atoms with Crippen molar-refractivity contribution in [2.24, 2.45) is 5.92 Å². The van der Waals surface area contributed by atoms with Crippen molar-refractivity contribution < 1.29 is 19.7 Å². The molecule has 1 amide bonds. The molecule has 32 heavy (non-hydrogen) atoms. The maximum Gasteiger partial charge on any atom is 0.330 e. The van der Waals surface area contributed by atoms with E-state index in [-0.39, 0.29) is 24.3 Å². The molecule has 170 valence electrons. The smallest absolute Gasteiger partial charge is 0.330 e. The van der Waals surface area contributed by atoms with E-state index in [0.29, 0.717) is 11.0 Å². The van der Waals surface area contributed by atoms with Gasteiger partial charge in [0.15, 0.2) is 0 Å². The van der Waals surface area contributed by atoms with E-state index in [4.69, 9.17) is 4.74 Å². The minimum atomic E-state index is -1.02. The van der Waals surface area contributed by atoms with Crippen molar-refractivity contribution in [2.45, 2.75) is 31.9 Å². The number of rotatable bonds is 6. The van der Waals surface area contributed by atoms with Crippen molar-refractivity contribution in [3.63, 3.8) is 0 Å². The molecule has 1 aromatic carbocycles. The van der Waals surface area contributed by atoms with E-state index in [0.717, 1.165) is 10.8 Å². The number of imidazole rings is 1. The first kappa shape index (κ1) is 21.7. The van der Waals surface area contributed by atoms with Crippen molar-refractivity contribution in [3.05, 3.63) is 67.3 Å². The standard InChI is InChI=1S/C20H23N5O7/c1-10-15(27)14(9-26)32-18(10)25-8-11(17(29)23-20(25)31)16(28)21-6-7-24-13-5-3-2-4-12(13)22-19(24)30/h2-5,8,10,14-15,18,26-27H,6-7,9H2,1H3,(H,21,28)(H,22,30)(H,23,29,31)/t10-,14+,15?,18+/m0/s1. The lowest BCUT2D eigenvalue weighted by Crippen LogP contribution is -2.40. The van der Waals surface area contributed by atoms with E-state index in [1.54, 1.807) is 31.2 Å². The van der Waals surface area contributed by atoms with Gasteiger partial charge in [0.1, 0.15) is 17.9 Å². The van der Waals surface area contributed by atoms with Gasteiger partial charge in [0.2, 0.25) is 0 Å². The van der Waals surface area contributed by atoms with Crippen LogP contribution in [0, 0.1) is 5.92 Å². The lowest BCUT2D eigenvalue weighted by Gasteiger charge is -2.18. The molecule has 4 atom stereocenters. The quantitative estimate of drug-likeness (QED) is 0.307. The number of hydrogen-bond acceptors (Lipinski definition) is 7. The van der Waals surface area contributed by atoms with Crippen LogP contribution in [0.25, 0.3) is 11.0 Å². The molecule has 0 bridgehead atoms. The van der Waals surface area contributed by atoms with E-state index < -0.39 is 48.1 Å². The largest absolute Gasteiger partial charge is 0.394 e. The lowest BCUT2D eigenvalue weighted by molar-refractivity contribution is -0.0477. The second-order valence-electron chi connectivity index (χ2n) is 7.66. The molecule has 0 aliphatic carbocycles.